The van der Waals surface area contributed by atoms with E-state index in [0.29, 0.717) is 18.1 Å². The molecule has 2 unspecified atom stereocenters. The molecule has 4 nitrogen and oxygen atoms in total. The number of rotatable bonds is 3. The highest BCUT2D eigenvalue weighted by Crippen LogP contribution is 2.36. The Balaban J connectivity index is 1.69. The third kappa shape index (κ3) is 2.20. The number of nitrogens with two attached hydrogens (primary N) is 1. The van der Waals surface area contributed by atoms with Gasteiger partial charge in [-0.3, -0.25) is 21.2 Å². The number of fused-ring (bicyclic) bond motifs is 2. The van der Waals surface area contributed by atoms with Gasteiger partial charge < -0.3 is 0 Å². The molecule has 0 spiro atoms. The van der Waals surface area contributed by atoms with Crippen LogP contribution >= 0.6 is 0 Å². The topological polar surface area (TPSA) is 54.2 Å². The lowest BCUT2D eigenvalue weighted by molar-refractivity contribution is 0.109. The lowest BCUT2D eigenvalue weighted by Gasteiger charge is -2.38. The quantitative estimate of drug-likeness (QED) is 0.604. The molecule has 1 aromatic rings. The fraction of sp³-hybridized carbons (Fsp3) is 0.615. The highest BCUT2D eigenvalue weighted by atomic mass is 15.3. The zero-order chi connectivity index (χ0) is 11.7. The van der Waals surface area contributed by atoms with Gasteiger partial charge in [0.05, 0.1) is 0 Å². The van der Waals surface area contributed by atoms with Gasteiger partial charge in [0.2, 0.25) is 0 Å². The summed E-state index contributed by atoms with van der Waals surface area (Å²) in [6, 6.07) is 6.17. The third-order valence-corrected chi connectivity index (χ3v) is 4.23. The molecule has 2 aliphatic heterocycles. The Bertz CT molecular complexity index is 353. The maximum absolute atomic E-state index is 5.58. The first kappa shape index (κ1) is 11.1. The van der Waals surface area contributed by atoms with Gasteiger partial charge in [0.25, 0.3) is 0 Å². The first-order chi connectivity index (χ1) is 8.36. The molecule has 0 aromatic carbocycles. The van der Waals surface area contributed by atoms with E-state index in [1.807, 2.05) is 12.4 Å². The smallest absolute Gasteiger partial charge is 0.0271 e. The average molecular weight is 232 g/mol. The summed E-state index contributed by atoms with van der Waals surface area (Å²) in [5.74, 6) is 5.58. The molecule has 2 saturated heterocycles. The molecule has 92 valence electrons. The van der Waals surface area contributed by atoms with Gasteiger partial charge >= 0.3 is 0 Å². The van der Waals surface area contributed by atoms with Crippen LogP contribution < -0.4 is 11.3 Å². The van der Waals surface area contributed by atoms with E-state index >= 15 is 0 Å². The van der Waals surface area contributed by atoms with Gasteiger partial charge in [-0.1, -0.05) is 0 Å². The zero-order valence-electron chi connectivity index (χ0n) is 10.0. The van der Waals surface area contributed by atoms with Crippen molar-refractivity contribution in [1.29, 1.82) is 0 Å². The molecule has 2 bridgehead atoms. The third-order valence-electron chi connectivity index (χ3n) is 4.23. The summed E-state index contributed by atoms with van der Waals surface area (Å²) in [6.45, 7) is 1.06. The molecule has 0 saturated carbocycles. The van der Waals surface area contributed by atoms with Gasteiger partial charge in [-0.25, -0.2) is 0 Å². The van der Waals surface area contributed by atoms with E-state index < -0.39 is 0 Å². The van der Waals surface area contributed by atoms with Crippen LogP contribution in [0.2, 0.25) is 0 Å². The van der Waals surface area contributed by atoms with E-state index in [1.165, 1.54) is 31.2 Å². The van der Waals surface area contributed by atoms with Gasteiger partial charge in [0, 0.05) is 37.1 Å². The average Bonchev–Trinajstić information content (AvgIpc) is 2.63. The molecular formula is C13H20N4. The molecule has 0 aliphatic carbocycles. The summed E-state index contributed by atoms with van der Waals surface area (Å²) in [7, 11) is 0. The highest BCUT2D eigenvalue weighted by molar-refractivity contribution is 5.11. The Kier molecular flexibility index (Phi) is 3.09. The summed E-state index contributed by atoms with van der Waals surface area (Å²) in [5.41, 5.74) is 4.32. The number of pyridine rings is 1. The molecule has 3 N–H and O–H groups in total. The minimum atomic E-state index is 0.515. The van der Waals surface area contributed by atoms with Gasteiger partial charge in [0.15, 0.2) is 0 Å². The van der Waals surface area contributed by atoms with Crippen molar-refractivity contribution in [2.24, 2.45) is 5.84 Å². The second-order valence-corrected chi connectivity index (χ2v) is 5.25. The summed E-state index contributed by atoms with van der Waals surface area (Å²) in [5, 5.41) is 0. The molecule has 1 aromatic heterocycles. The molecule has 2 atom stereocenters. The zero-order valence-corrected chi connectivity index (χ0v) is 10.0. The monoisotopic (exact) mass is 232 g/mol. The van der Waals surface area contributed by atoms with Crippen molar-refractivity contribution >= 4 is 0 Å². The maximum Gasteiger partial charge on any atom is 0.0271 e. The van der Waals surface area contributed by atoms with Crippen LogP contribution in [0, 0.1) is 0 Å². The second-order valence-electron chi connectivity index (χ2n) is 5.25. The van der Waals surface area contributed by atoms with Crippen molar-refractivity contribution in [3.05, 3.63) is 30.1 Å². The van der Waals surface area contributed by atoms with Crippen molar-refractivity contribution in [3.63, 3.8) is 0 Å². The molecule has 2 fully saturated rings. The molecule has 0 amide bonds. The van der Waals surface area contributed by atoms with Crippen LogP contribution in [0.3, 0.4) is 0 Å². The van der Waals surface area contributed by atoms with E-state index in [1.54, 1.807) is 0 Å². The van der Waals surface area contributed by atoms with Crippen LogP contribution in [0.25, 0.3) is 0 Å². The molecule has 3 heterocycles. The minimum Gasteiger partial charge on any atom is -0.293 e. The Labute approximate surface area is 102 Å². The van der Waals surface area contributed by atoms with Crippen LogP contribution in [-0.2, 0) is 6.54 Å². The standard InChI is InChI=1S/C13H20N4/c14-16-11-7-12-1-2-13(8-11)17(12)9-10-3-5-15-6-4-10/h3-6,11-13,16H,1-2,7-9,14H2. The van der Waals surface area contributed by atoms with Crippen LogP contribution in [0.5, 0.6) is 0 Å². The van der Waals surface area contributed by atoms with Crippen molar-refractivity contribution in [2.75, 3.05) is 0 Å². The molecular weight excluding hydrogens is 212 g/mol. The largest absolute Gasteiger partial charge is 0.293 e. The molecule has 3 rings (SSSR count). The Hall–Kier alpha value is -0.970. The van der Waals surface area contributed by atoms with E-state index in [9.17, 15) is 0 Å². The van der Waals surface area contributed by atoms with E-state index in [4.69, 9.17) is 5.84 Å². The first-order valence-electron chi connectivity index (χ1n) is 6.47. The van der Waals surface area contributed by atoms with Crippen molar-refractivity contribution in [3.8, 4) is 0 Å². The number of hydrogen-bond donors (Lipinski definition) is 2. The summed E-state index contributed by atoms with van der Waals surface area (Å²) in [4.78, 5) is 6.73. The Morgan fingerprint density at radius 2 is 1.88 bits per heavy atom. The van der Waals surface area contributed by atoms with Gasteiger partial charge in [-0.2, -0.15) is 0 Å². The molecule has 4 heteroatoms. The molecule has 2 aliphatic rings. The number of hydrazine groups is 1. The Morgan fingerprint density at radius 3 is 2.47 bits per heavy atom. The normalized spacial score (nSPS) is 32.9. The van der Waals surface area contributed by atoms with Crippen molar-refractivity contribution in [1.82, 2.24) is 15.3 Å². The van der Waals surface area contributed by atoms with Crippen molar-refractivity contribution in [2.45, 2.75) is 50.4 Å². The highest BCUT2D eigenvalue weighted by Gasteiger charge is 2.39. The lowest BCUT2D eigenvalue weighted by atomic mass is 9.97. The SMILES string of the molecule is NNC1CC2CCC(C1)N2Cc1ccncc1. The lowest BCUT2D eigenvalue weighted by Crippen LogP contribution is -2.50. The number of nitrogens with zero attached hydrogens (tertiary/aromatic N) is 2. The Morgan fingerprint density at radius 1 is 1.24 bits per heavy atom. The predicted molar refractivity (Wildman–Crippen MR) is 66.9 cm³/mol. The minimum absolute atomic E-state index is 0.515. The number of nitrogens with one attached hydrogen (secondary N) is 1. The van der Waals surface area contributed by atoms with Crippen LogP contribution in [0.15, 0.2) is 24.5 Å². The van der Waals surface area contributed by atoms with Crippen LogP contribution in [-0.4, -0.2) is 28.0 Å². The van der Waals surface area contributed by atoms with Crippen LogP contribution in [0.4, 0.5) is 0 Å². The fourth-order valence-electron chi connectivity index (χ4n) is 3.37. The van der Waals surface area contributed by atoms with Crippen molar-refractivity contribution < 1.29 is 0 Å². The van der Waals surface area contributed by atoms with E-state index in [-0.39, 0.29) is 0 Å². The van der Waals surface area contributed by atoms with Gasteiger partial charge in [-0.05, 0) is 43.4 Å². The maximum atomic E-state index is 5.58. The number of aromatic nitrogens is 1. The second kappa shape index (κ2) is 4.72. The van der Waals surface area contributed by atoms with Gasteiger partial charge in [0.1, 0.15) is 0 Å². The molecule has 0 radical (unpaired) electrons. The van der Waals surface area contributed by atoms with E-state index in [0.717, 1.165) is 6.54 Å². The summed E-state index contributed by atoms with van der Waals surface area (Å²) >= 11 is 0. The number of hydrogen-bond acceptors (Lipinski definition) is 4. The van der Waals surface area contributed by atoms with Gasteiger partial charge in [-0.15, -0.1) is 0 Å². The summed E-state index contributed by atoms with van der Waals surface area (Å²) < 4.78 is 0. The van der Waals surface area contributed by atoms with Crippen LogP contribution in [0.1, 0.15) is 31.2 Å². The first-order valence-corrected chi connectivity index (χ1v) is 6.47. The molecule has 17 heavy (non-hydrogen) atoms. The predicted octanol–water partition coefficient (Wildman–Crippen LogP) is 1.04. The number of piperidine rings is 1. The van der Waals surface area contributed by atoms with E-state index in [2.05, 4.69) is 27.4 Å². The fourth-order valence-corrected chi connectivity index (χ4v) is 3.37. The summed E-state index contributed by atoms with van der Waals surface area (Å²) in [6.07, 6.45) is 8.80.